The van der Waals surface area contributed by atoms with Crippen LogP contribution in [0.2, 0.25) is 0 Å². The number of aliphatic carboxylic acids is 1. The zero-order chi connectivity index (χ0) is 17.9. The molecule has 128 valence electrons. The van der Waals surface area contributed by atoms with Crippen molar-refractivity contribution in [3.8, 4) is 5.69 Å². The summed E-state index contributed by atoms with van der Waals surface area (Å²) in [6.45, 7) is 5.72. The first-order valence-corrected chi connectivity index (χ1v) is 7.65. The molecule has 0 saturated carbocycles. The highest BCUT2D eigenvalue weighted by atomic mass is 16.4. The highest BCUT2D eigenvalue weighted by Crippen LogP contribution is 2.17. The van der Waals surface area contributed by atoms with Crippen molar-refractivity contribution < 1.29 is 14.7 Å². The molecule has 7 nitrogen and oxygen atoms in total. The molecule has 0 fully saturated rings. The van der Waals surface area contributed by atoms with Crippen LogP contribution < -0.4 is 5.32 Å². The maximum Gasteiger partial charge on any atom is 0.321 e. The van der Waals surface area contributed by atoms with Crippen LogP contribution in [0.1, 0.15) is 18.1 Å². The van der Waals surface area contributed by atoms with Crippen LogP contribution in [-0.2, 0) is 4.79 Å². The van der Waals surface area contributed by atoms with Crippen LogP contribution in [0.4, 0.5) is 10.5 Å². The maximum absolute atomic E-state index is 12.1. The summed E-state index contributed by atoms with van der Waals surface area (Å²) in [4.78, 5) is 24.3. The van der Waals surface area contributed by atoms with Crippen molar-refractivity contribution in [3.05, 3.63) is 41.7 Å². The Morgan fingerprint density at radius 1 is 1.38 bits per heavy atom. The number of anilines is 1. The third-order valence-electron chi connectivity index (χ3n) is 3.75. The van der Waals surface area contributed by atoms with Gasteiger partial charge in [-0.05, 0) is 25.5 Å². The van der Waals surface area contributed by atoms with E-state index in [1.165, 1.54) is 10.5 Å². The van der Waals surface area contributed by atoms with E-state index in [1.54, 1.807) is 31.0 Å². The van der Waals surface area contributed by atoms with E-state index in [2.05, 4.69) is 16.5 Å². The molecule has 0 bridgehead atoms. The minimum atomic E-state index is -0.933. The number of hydrogen-bond donors (Lipinski definition) is 2. The number of benzene rings is 1. The molecule has 1 atom stereocenters. The Balaban J connectivity index is 2.05. The normalized spacial score (nSPS) is 11.8. The molecule has 0 aliphatic heterocycles. The molecule has 0 saturated heterocycles. The fourth-order valence-electron chi connectivity index (χ4n) is 2.37. The number of carboxylic acids is 1. The first-order valence-electron chi connectivity index (χ1n) is 7.65. The summed E-state index contributed by atoms with van der Waals surface area (Å²) < 4.78 is 1.70. The van der Waals surface area contributed by atoms with Gasteiger partial charge in [0.15, 0.2) is 0 Å². The van der Waals surface area contributed by atoms with Crippen molar-refractivity contribution in [3.63, 3.8) is 0 Å². The average Bonchev–Trinajstić information content (AvgIpc) is 2.95. The molecule has 0 radical (unpaired) electrons. The van der Waals surface area contributed by atoms with E-state index in [0.717, 1.165) is 11.3 Å². The lowest BCUT2D eigenvalue weighted by atomic mass is 10.1. The summed E-state index contributed by atoms with van der Waals surface area (Å²) in [6.07, 6.45) is 3.29. The van der Waals surface area contributed by atoms with Crippen molar-refractivity contribution in [2.24, 2.45) is 5.92 Å². The van der Waals surface area contributed by atoms with E-state index >= 15 is 0 Å². The van der Waals surface area contributed by atoms with Crippen LogP contribution in [-0.4, -0.2) is 45.4 Å². The molecule has 0 spiro atoms. The van der Waals surface area contributed by atoms with Crippen molar-refractivity contribution in [1.29, 1.82) is 0 Å². The van der Waals surface area contributed by atoms with Gasteiger partial charge in [-0.1, -0.05) is 24.6 Å². The molecule has 1 aromatic heterocycles. The predicted octanol–water partition coefficient (Wildman–Crippen LogP) is 2.67. The van der Waals surface area contributed by atoms with E-state index in [1.807, 2.05) is 26.0 Å². The fourth-order valence-corrected chi connectivity index (χ4v) is 2.37. The monoisotopic (exact) mass is 330 g/mol. The summed E-state index contributed by atoms with van der Waals surface area (Å²) in [7, 11) is 1.56. The minimum absolute atomic E-state index is 0.131. The number of hydrogen-bond acceptors (Lipinski definition) is 3. The average molecular weight is 330 g/mol. The fraction of sp³-hybridized carbons (Fsp3) is 0.353. The van der Waals surface area contributed by atoms with Gasteiger partial charge in [-0.15, -0.1) is 0 Å². The number of amides is 2. The number of urea groups is 1. The van der Waals surface area contributed by atoms with Gasteiger partial charge >= 0.3 is 12.0 Å². The Bertz CT molecular complexity index is 754. The lowest BCUT2D eigenvalue weighted by molar-refractivity contribution is -0.141. The predicted molar refractivity (Wildman–Crippen MR) is 91.5 cm³/mol. The Labute approximate surface area is 140 Å². The van der Waals surface area contributed by atoms with E-state index in [4.69, 9.17) is 5.11 Å². The minimum Gasteiger partial charge on any atom is -0.481 e. The summed E-state index contributed by atoms with van der Waals surface area (Å²) in [6, 6.07) is 5.67. The van der Waals surface area contributed by atoms with Gasteiger partial charge in [0.25, 0.3) is 0 Å². The van der Waals surface area contributed by atoms with Gasteiger partial charge in [0.05, 0.1) is 29.7 Å². The van der Waals surface area contributed by atoms with E-state index < -0.39 is 11.9 Å². The van der Waals surface area contributed by atoms with Crippen molar-refractivity contribution in [1.82, 2.24) is 14.7 Å². The molecule has 2 N–H and O–H groups in total. The number of nitrogens with one attached hydrogen (secondary N) is 1. The summed E-state index contributed by atoms with van der Waals surface area (Å²) in [5, 5.41) is 15.9. The Morgan fingerprint density at radius 3 is 2.71 bits per heavy atom. The van der Waals surface area contributed by atoms with Gasteiger partial charge in [0.2, 0.25) is 0 Å². The Hall–Kier alpha value is -2.83. The van der Waals surface area contributed by atoms with Gasteiger partial charge < -0.3 is 15.3 Å². The van der Waals surface area contributed by atoms with Gasteiger partial charge in [-0.3, -0.25) is 4.79 Å². The highest BCUT2D eigenvalue weighted by molar-refractivity contribution is 5.89. The molecule has 24 heavy (non-hydrogen) atoms. The molecule has 2 aromatic rings. The van der Waals surface area contributed by atoms with Gasteiger partial charge in [-0.2, -0.15) is 5.10 Å². The molecule has 7 heteroatoms. The third-order valence-corrected chi connectivity index (χ3v) is 3.75. The lowest BCUT2D eigenvalue weighted by Crippen LogP contribution is -2.36. The maximum atomic E-state index is 12.1. The van der Waals surface area contributed by atoms with Gasteiger partial charge in [-0.25, -0.2) is 9.48 Å². The van der Waals surface area contributed by atoms with Crippen LogP contribution in [0.3, 0.4) is 0 Å². The molecule has 1 aromatic carbocycles. The standard InChI is InChI=1S/C17H22N4O3/c1-11-5-6-15(12(2)7-11)21-10-14(8-18-21)19-17(24)20(4)9-13(3)16(22)23/h5-8,10,13H,9H2,1-4H3,(H,19,24)(H,22,23). The zero-order valence-corrected chi connectivity index (χ0v) is 14.3. The number of carboxylic acid groups (broad SMARTS) is 1. The topological polar surface area (TPSA) is 87.5 Å². The van der Waals surface area contributed by atoms with Crippen LogP contribution in [0.25, 0.3) is 5.69 Å². The summed E-state index contributed by atoms with van der Waals surface area (Å²) >= 11 is 0. The SMILES string of the molecule is Cc1ccc(-n2cc(NC(=O)N(C)CC(C)C(=O)O)cn2)c(C)c1. The molecular formula is C17H22N4O3. The van der Waals surface area contributed by atoms with Gasteiger partial charge in [0.1, 0.15) is 0 Å². The molecular weight excluding hydrogens is 308 g/mol. The number of nitrogens with zero attached hydrogens (tertiary/aromatic N) is 3. The molecule has 0 aliphatic carbocycles. The number of rotatable bonds is 5. The van der Waals surface area contributed by atoms with E-state index in [0.29, 0.717) is 5.69 Å². The number of carbonyl (C=O) groups is 2. The van der Waals surface area contributed by atoms with Crippen LogP contribution in [0, 0.1) is 19.8 Å². The molecule has 2 rings (SSSR count). The zero-order valence-electron chi connectivity index (χ0n) is 14.3. The molecule has 2 amide bonds. The van der Waals surface area contributed by atoms with Crippen LogP contribution in [0.15, 0.2) is 30.6 Å². The van der Waals surface area contributed by atoms with Gasteiger partial charge in [0, 0.05) is 13.6 Å². The van der Waals surface area contributed by atoms with E-state index in [-0.39, 0.29) is 12.6 Å². The Morgan fingerprint density at radius 2 is 2.08 bits per heavy atom. The summed E-state index contributed by atoms with van der Waals surface area (Å²) in [5.74, 6) is -1.56. The third kappa shape index (κ3) is 4.13. The highest BCUT2D eigenvalue weighted by Gasteiger charge is 2.17. The second-order valence-electron chi connectivity index (χ2n) is 6.01. The van der Waals surface area contributed by atoms with Crippen LogP contribution in [0.5, 0.6) is 0 Å². The molecule has 1 unspecified atom stereocenters. The van der Waals surface area contributed by atoms with E-state index in [9.17, 15) is 9.59 Å². The second kappa shape index (κ2) is 7.16. The first kappa shape index (κ1) is 17.5. The van der Waals surface area contributed by atoms with Crippen molar-refractivity contribution in [2.45, 2.75) is 20.8 Å². The van der Waals surface area contributed by atoms with Crippen molar-refractivity contribution >= 4 is 17.7 Å². The smallest absolute Gasteiger partial charge is 0.321 e. The quantitative estimate of drug-likeness (QED) is 0.882. The molecule has 0 aliphatic rings. The second-order valence-corrected chi connectivity index (χ2v) is 6.01. The Kier molecular flexibility index (Phi) is 5.23. The van der Waals surface area contributed by atoms with Crippen molar-refractivity contribution in [2.75, 3.05) is 18.9 Å². The largest absolute Gasteiger partial charge is 0.481 e. The number of carbonyl (C=O) groups excluding carboxylic acids is 1. The van der Waals surface area contributed by atoms with Crippen LogP contribution >= 0.6 is 0 Å². The molecule has 1 heterocycles. The summed E-state index contributed by atoms with van der Waals surface area (Å²) in [5.41, 5.74) is 3.75. The number of aromatic nitrogens is 2. The number of aryl methyl sites for hydroxylation is 2. The lowest BCUT2D eigenvalue weighted by Gasteiger charge is -2.19. The first-order chi connectivity index (χ1) is 11.3.